The van der Waals surface area contributed by atoms with Crippen LogP contribution < -0.4 is 10.2 Å². The molecular formula is C22H30N5O3PS. The minimum atomic E-state index is -2.55. The van der Waals surface area contributed by atoms with Gasteiger partial charge in [0, 0.05) is 18.5 Å². The average Bonchev–Trinajstić information content (AvgIpc) is 3.36. The molecular weight excluding hydrogens is 445 g/mol. The molecule has 5 heterocycles. The van der Waals surface area contributed by atoms with E-state index in [9.17, 15) is 4.57 Å². The fourth-order valence-corrected chi connectivity index (χ4v) is 7.05. The van der Waals surface area contributed by atoms with Gasteiger partial charge in [-0.3, -0.25) is 0 Å². The summed E-state index contributed by atoms with van der Waals surface area (Å²) in [4.78, 5) is 7.32. The quantitative estimate of drug-likeness (QED) is 0.527. The summed E-state index contributed by atoms with van der Waals surface area (Å²) in [6, 6.07) is 4.25. The number of hydrogen-bond donors (Lipinski definition) is 0. The van der Waals surface area contributed by atoms with Crippen LogP contribution in [0, 0.1) is 6.92 Å². The van der Waals surface area contributed by atoms with E-state index in [1.54, 1.807) is 0 Å². The van der Waals surface area contributed by atoms with Crippen LogP contribution >= 0.6 is 18.7 Å². The van der Waals surface area contributed by atoms with Crippen LogP contribution in [0.3, 0.4) is 0 Å². The molecule has 0 aromatic carbocycles. The fourth-order valence-electron chi connectivity index (χ4n) is 4.50. The smallest absolute Gasteiger partial charge is 0.150 e. The van der Waals surface area contributed by atoms with Crippen LogP contribution in [0.1, 0.15) is 38.1 Å². The molecule has 2 fully saturated rings. The van der Waals surface area contributed by atoms with Gasteiger partial charge in [-0.15, -0.1) is 0 Å². The molecule has 0 bridgehead atoms. The Hall–Kier alpha value is -1.80. The molecule has 2 aliphatic rings. The number of ether oxygens (including phenoxy) is 2. The van der Waals surface area contributed by atoms with Crippen molar-refractivity contribution in [1.82, 2.24) is 19.1 Å². The van der Waals surface area contributed by atoms with Crippen LogP contribution in [0.4, 0.5) is 5.82 Å². The molecule has 0 saturated carbocycles. The highest BCUT2D eigenvalue weighted by Crippen LogP contribution is 2.42. The number of nitrogens with zero attached hydrogens (tertiary/aromatic N) is 5. The molecule has 0 aliphatic carbocycles. The van der Waals surface area contributed by atoms with E-state index >= 15 is 0 Å². The van der Waals surface area contributed by atoms with Gasteiger partial charge in [-0.05, 0) is 70.1 Å². The molecule has 0 radical (unpaired) electrons. The van der Waals surface area contributed by atoms with Crippen molar-refractivity contribution in [2.75, 3.05) is 44.6 Å². The highest BCUT2D eigenvalue weighted by Gasteiger charge is 2.29. The van der Waals surface area contributed by atoms with Crippen LogP contribution in [0.5, 0.6) is 0 Å². The summed E-state index contributed by atoms with van der Waals surface area (Å²) in [5, 5.41) is 5.58. The van der Waals surface area contributed by atoms with Gasteiger partial charge in [0.05, 0.1) is 35.3 Å². The van der Waals surface area contributed by atoms with Crippen molar-refractivity contribution in [2.45, 2.75) is 45.4 Å². The van der Waals surface area contributed by atoms with Gasteiger partial charge >= 0.3 is 0 Å². The maximum atomic E-state index is 13.3. The monoisotopic (exact) mass is 475 g/mol. The second-order valence-electron chi connectivity index (χ2n) is 9.11. The molecule has 3 aromatic heterocycles. The van der Waals surface area contributed by atoms with Gasteiger partial charge in [0.2, 0.25) is 0 Å². The van der Waals surface area contributed by atoms with Gasteiger partial charge in [-0.1, -0.05) is 0 Å². The van der Waals surface area contributed by atoms with E-state index in [-0.39, 0.29) is 12.3 Å². The largest absolute Gasteiger partial charge is 0.377 e. The zero-order chi connectivity index (χ0) is 22.5. The number of aryl methyl sites for hydroxylation is 1. The molecule has 2 saturated heterocycles. The zero-order valence-corrected chi connectivity index (χ0v) is 20.8. The summed E-state index contributed by atoms with van der Waals surface area (Å²) >= 11 is 1.37. The van der Waals surface area contributed by atoms with Crippen molar-refractivity contribution in [3.8, 4) is 11.4 Å². The van der Waals surface area contributed by atoms with E-state index in [2.05, 4.69) is 17.9 Å². The first-order valence-electron chi connectivity index (χ1n) is 11.2. The van der Waals surface area contributed by atoms with Gasteiger partial charge < -0.3 is 18.9 Å². The lowest BCUT2D eigenvalue weighted by Gasteiger charge is -2.34. The SMILES string of the molecule is Cc1cc(-c2nsc3c(P(C)(C)=O)cc(N4CCOCC4C)nc23)n(C2CCCCO2)n1. The predicted octanol–water partition coefficient (Wildman–Crippen LogP) is 4.04. The van der Waals surface area contributed by atoms with Gasteiger partial charge in [0.15, 0.2) is 6.23 Å². The Kier molecular flexibility index (Phi) is 5.86. The van der Waals surface area contributed by atoms with Crippen LogP contribution in [0.15, 0.2) is 12.1 Å². The number of pyridine rings is 1. The third kappa shape index (κ3) is 4.00. The number of morpholine rings is 1. The summed E-state index contributed by atoms with van der Waals surface area (Å²) in [7, 11) is -2.55. The Balaban J connectivity index is 1.69. The fraction of sp³-hybridized carbons (Fsp3) is 0.591. The maximum absolute atomic E-state index is 13.3. The van der Waals surface area contributed by atoms with E-state index < -0.39 is 7.14 Å². The Morgan fingerprint density at radius 1 is 1.22 bits per heavy atom. The molecule has 0 N–H and O–H groups in total. The average molecular weight is 476 g/mol. The number of hydrogen-bond acceptors (Lipinski definition) is 8. The molecule has 0 amide bonds. The van der Waals surface area contributed by atoms with Crippen molar-refractivity contribution in [3.63, 3.8) is 0 Å². The molecule has 2 aliphatic heterocycles. The summed E-state index contributed by atoms with van der Waals surface area (Å²) in [6.07, 6.45) is 3.05. The van der Waals surface area contributed by atoms with Crippen LogP contribution in [0.2, 0.25) is 0 Å². The zero-order valence-electron chi connectivity index (χ0n) is 19.1. The Labute approximate surface area is 192 Å². The number of fused-ring (bicyclic) bond motifs is 1. The van der Waals surface area contributed by atoms with Crippen molar-refractivity contribution in [2.24, 2.45) is 0 Å². The standard InChI is InChI=1S/C22H30N5O3PS/c1-14-11-16(27(24-14)19-7-5-6-9-30-19)20-21-22(32-25-20)17(31(3,4)28)12-18(23-21)26-8-10-29-13-15(26)2/h11-12,15,19H,5-10,13H2,1-4H3. The third-order valence-electron chi connectivity index (χ3n) is 6.16. The lowest BCUT2D eigenvalue weighted by molar-refractivity contribution is -0.0385. The normalized spacial score (nSPS) is 22.6. The van der Waals surface area contributed by atoms with Gasteiger partial charge in [-0.2, -0.15) is 9.47 Å². The van der Waals surface area contributed by atoms with Gasteiger partial charge in [0.25, 0.3) is 0 Å². The summed E-state index contributed by atoms with van der Waals surface area (Å²) in [5.74, 6) is 0.838. The van der Waals surface area contributed by atoms with Gasteiger partial charge in [0.1, 0.15) is 24.2 Å². The summed E-state index contributed by atoms with van der Waals surface area (Å²) < 4.78 is 32.6. The molecule has 3 aromatic rings. The van der Waals surface area contributed by atoms with E-state index in [1.807, 2.05) is 31.0 Å². The molecule has 2 atom stereocenters. The van der Waals surface area contributed by atoms with Crippen molar-refractivity contribution < 1.29 is 14.0 Å². The molecule has 2 unspecified atom stereocenters. The first-order valence-corrected chi connectivity index (χ1v) is 14.6. The van der Waals surface area contributed by atoms with E-state index in [1.165, 1.54) is 11.5 Å². The van der Waals surface area contributed by atoms with Crippen LogP contribution in [0.25, 0.3) is 21.6 Å². The minimum absolute atomic E-state index is 0.0884. The van der Waals surface area contributed by atoms with Crippen molar-refractivity contribution in [1.29, 1.82) is 0 Å². The van der Waals surface area contributed by atoms with Crippen LogP contribution in [-0.2, 0) is 14.0 Å². The van der Waals surface area contributed by atoms with E-state index in [0.717, 1.165) is 70.8 Å². The molecule has 0 spiro atoms. The highest BCUT2D eigenvalue weighted by atomic mass is 32.1. The Bertz CT molecular complexity index is 1180. The molecule has 32 heavy (non-hydrogen) atoms. The third-order valence-corrected chi connectivity index (χ3v) is 8.70. The maximum Gasteiger partial charge on any atom is 0.150 e. The molecule has 8 nitrogen and oxygen atoms in total. The Morgan fingerprint density at radius 3 is 2.78 bits per heavy atom. The first-order chi connectivity index (χ1) is 15.3. The summed E-state index contributed by atoms with van der Waals surface area (Å²) in [5.41, 5.74) is 3.41. The molecule has 172 valence electrons. The first kappa shape index (κ1) is 22.0. The predicted molar refractivity (Wildman–Crippen MR) is 129 cm³/mol. The Morgan fingerprint density at radius 2 is 2.06 bits per heavy atom. The van der Waals surface area contributed by atoms with Crippen LogP contribution in [-0.4, -0.2) is 64.9 Å². The topological polar surface area (TPSA) is 82.4 Å². The molecule has 10 heteroatoms. The van der Waals surface area contributed by atoms with E-state index in [4.69, 9.17) is 23.9 Å². The number of anilines is 1. The van der Waals surface area contributed by atoms with Crippen molar-refractivity contribution >= 4 is 40.0 Å². The number of aromatic nitrogens is 4. The number of rotatable bonds is 4. The second-order valence-corrected chi connectivity index (χ2v) is 13.1. The van der Waals surface area contributed by atoms with Crippen molar-refractivity contribution in [3.05, 3.63) is 17.8 Å². The van der Waals surface area contributed by atoms with E-state index in [0.29, 0.717) is 13.2 Å². The lowest BCUT2D eigenvalue weighted by Crippen LogP contribution is -2.44. The highest BCUT2D eigenvalue weighted by molar-refractivity contribution is 7.71. The summed E-state index contributed by atoms with van der Waals surface area (Å²) in [6.45, 7) is 10.6. The molecule has 5 rings (SSSR count). The van der Waals surface area contributed by atoms with Gasteiger partial charge in [-0.25, -0.2) is 9.67 Å². The second kappa shape index (κ2) is 8.52. The minimum Gasteiger partial charge on any atom is -0.377 e. The lowest BCUT2D eigenvalue weighted by atomic mass is 10.1.